The van der Waals surface area contributed by atoms with Gasteiger partial charge in [-0.3, -0.25) is 20.2 Å². The summed E-state index contributed by atoms with van der Waals surface area (Å²) < 4.78 is 0. The van der Waals surface area contributed by atoms with Gasteiger partial charge in [0, 0.05) is 29.3 Å². The molecule has 2 N–H and O–H groups in total. The second-order valence-electron chi connectivity index (χ2n) is 7.67. The Hall–Kier alpha value is -2.85. The molecular formula is C20H18ClN3O6S. The van der Waals surface area contributed by atoms with E-state index in [4.69, 9.17) is 11.6 Å². The number of thioether (sulfide) groups is 1. The minimum absolute atomic E-state index is 0.0167. The lowest BCUT2D eigenvalue weighted by Gasteiger charge is -2.36. The molecule has 11 heteroatoms. The van der Waals surface area contributed by atoms with E-state index in [1.165, 1.54) is 30.0 Å². The van der Waals surface area contributed by atoms with E-state index >= 15 is 0 Å². The molecule has 0 saturated heterocycles. The number of halogens is 1. The molecule has 1 saturated carbocycles. The number of hydrogen-bond donors (Lipinski definition) is 2. The molecule has 9 nitrogen and oxygen atoms in total. The average Bonchev–Trinajstić information content (AvgIpc) is 3.04. The number of carboxylic acids is 1. The second kappa shape index (κ2) is 8.01. The molecule has 2 aromatic carbocycles. The Bertz CT molecular complexity index is 1100. The smallest absolute Gasteiger partial charge is 0.337 e. The van der Waals surface area contributed by atoms with Gasteiger partial charge in [0.2, 0.25) is 0 Å². The van der Waals surface area contributed by atoms with Crippen LogP contribution in [0, 0.1) is 26.1 Å². The van der Waals surface area contributed by atoms with E-state index in [9.17, 15) is 30.1 Å². The molecule has 5 atom stereocenters. The summed E-state index contributed by atoms with van der Waals surface area (Å²) in [7, 11) is 0. The number of nitro benzene ring substituents is 2. The molecule has 162 valence electrons. The highest BCUT2D eigenvalue weighted by Gasteiger charge is 2.52. The van der Waals surface area contributed by atoms with Crippen molar-refractivity contribution in [1.82, 2.24) is 0 Å². The predicted octanol–water partition coefficient (Wildman–Crippen LogP) is 4.89. The third kappa shape index (κ3) is 3.59. The van der Waals surface area contributed by atoms with Crippen LogP contribution in [0.15, 0.2) is 41.3 Å². The first-order valence-corrected chi connectivity index (χ1v) is 10.9. The zero-order chi connectivity index (χ0) is 22.4. The molecule has 31 heavy (non-hydrogen) atoms. The van der Waals surface area contributed by atoms with Crippen molar-refractivity contribution in [2.45, 2.75) is 40.8 Å². The monoisotopic (exact) mass is 463 g/mol. The Morgan fingerprint density at radius 1 is 1.16 bits per heavy atom. The summed E-state index contributed by atoms with van der Waals surface area (Å²) in [6.45, 7) is 1.90. The van der Waals surface area contributed by atoms with Gasteiger partial charge in [-0.1, -0.05) is 12.1 Å². The van der Waals surface area contributed by atoms with E-state index in [0.29, 0.717) is 16.9 Å². The number of carbonyl (C=O) groups is 1. The molecule has 0 aromatic heterocycles. The van der Waals surface area contributed by atoms with Gasteiger partial charge in [-0.05, 0) is 31.4 Å². The van der Waals surface area contributed by atoms with Crippen molar-refractivity contribution >= 4 is 46.4 Å². The van der Waals surface area contributed by atoms with Gasteiger partial charge in [-0.25, -0.2) is 4.79 Å². The molecule has 0 spiro atoms. The normalized spacial score (nSPS) is 26.5. The quantitative estimate of drug-likeness (QED) is 0.363. The van der Waals surface area contributed by atoms with Crippen LogP contribution in [0.2, 0.25) is 0 Å². The minimum Gasteiger partial charge on any atom is -0.478 e. The lowest BCUT2D eigenvalue weighted by Crippen LogP contribution is -2.36. The van der Waals surface area contributed by atoms with E-state index < -0.39 is 27.1 Å². The molecule has 1 fully saturated rings. The molecule has 1 heterocycles. The van der Waals surface area contributed by atoms with Crippen LogP contribution in [0.25, 0.3) is 0 Å². The fourth-order valence-electron chi connectivity index (χ4n) is 4.66. The summed E-state index contributed by atoms with van der Waals surface area (Å²) in [6, 6.07) is 8.67. The average molecular weight is 464 g/mol. The number of hydrogen-bond acceptors (Lipinski definition) is 7. The van der Waals surface area contributed by atoms with Crippen LogP contribution in [-0.4, -0.2) is 37.6 Å². The van der Waals surface area contributed by atoms with E-state index in [2.05, 4.69) is 5.32 Å². The van der Waals surface area contributed by atoms with Gasteiger partial charge in [0.05, 0.1) is 36.9 Å². The number of anilines is 1. The Morgan fingerprint density at radius 2 is 1.84 bits per heavy atom. The van der Waals surface area contributed by atoms with Gasteiger partial charge in [-0.2, -0.15) is 0 Å². The minimum atomic E-state index is -1.18. The highest BCUT2D eigenvalue weighted by molar-refractivity contribution is 8.00. The summed E-state index contributed by atoms with van der Waals surface area (Å²) in [5.74, 6) is -1.72. The maximum Gasteiger partial charge on any atom is 0.337 e. The zero-order valence-electron chi connectivity index (χ0n) is 16.2. The van der Waals surface area contributed by atoms with Crippen LogP contribution in [-0.2, 0) is 0 Å². The van der Waals surface area contributed by atoms with E-state index in [1.807, 2.05) is 6.92 Å². The Labute approximate surface area is 186 Å². The fraction of sp³-hybridized carbons (Fsp3) is 0.350. The maximum absolute atomic E-state index is 11.7. The number of fused-ring (bicyclic) bond motifs is 3. The number of rotatable bonds is 5. The van der Waals surface area contributed by atoms with Crippen molar-refractivity contribution in [3.8, 4) is 0 Å². The van der Waals surface area contributed by atoms with Crippen LogP contribution in [0.5, 0.6) is 0 Å². The van der Waals surface area contributed by atoms with Gasteiger partial charge >= 0.3 is 5.97 Å². The lowest BCUT2D eigenvalue weighted by atomic mass is 9.78. The van der Waals surface area contributed by atoms with Gasteiger partial charge in [0.1, 0.15) is 0 Å². The molecule has 0 radical (unpaired) electrons. The first-order chi connectivity index (χ1) is 14.7. The van der Waals surface area contributed by atoms with E-state index in [-0.39, 0.29) is 39.8 Å². The van der Waals surface area contributed by atoms with Gasteiger partial charge < -0.3 is 10.4 Å². The van der Waals surface area contributed by atoms with Crippen molar-refractivity contribution in [1.29, 1.82) is 0 Å². The third-order valence-electron chi connectivity index (χ3n) is 6.00. The molecule has 0 unspecified atom stereocenters. The van der Waals surface area contributed by atoms with Crippen LogP contribution < -0.4 is 5.32 Å². The Morgan fingerprint density at radius 3 is 2.48 bits per heavy atom. The van der Waals surface area contributed by atoms with Gasteiger partial charge in [0.25, 0.3) is 11.4 Å². The highest BCUT2D eigenvalue weighted by atomic mass is 35.5. The number of carboxylic acid groups (broad SMARTS) is 1. The summed E-state index contributed by atoms with van der Waals surface area (Å²) in [5.41, 5.74) is 0.314. The number of alkyl halides is 1. The largest absolute Gasteiger partial charge is 0.478 e. The predicted molar refractivity (Wildman–Crippen MR) is 116 cm³/mol. The molecule has 4 rings (SSSR count). The molecule has 2 aromatic rings. The molecule has 1 aliphatic carbocycles. The van der Waals surface area contributed by atoms with Gasteiger partial charge in [0.15, 0.2) is 0 Å². The molecular weight excluding hydrogens is 446 g/mol. The zero-order valence-corrected chi connectivity index (χ0v) is 17.8. The maximum atomic E-state index is 11.7. The summed E-state index contributed by atoms with van der Waals surface area (Å²) in [5, 5.41) is 35.0. The Kier molecular flexibility index (Phi) is 5.52. The summed E-state index contributed by atoms with van der Waals surface area (Å²) in [4.78, 5) is 34.4. The van der Waals surface area contributed by atoms with Crippen molar-refractivity contribution in [3.05, 3.63) is 67.8 Å². The standard InChI is InChI=1S/C20H18ClN3O6S/c1-9-11-8-15(31-14-5-3-2-4-12(14)23(27)28)18(21)16(11)17-13(24(29)30)7-6-10(20(25)26)19(17)22-9/h2-7,9,11,15-16,18,22H,8H2,1H3,(H,25,26)/t9-,11-,15+,16+,18+/m1/s1. The number of nitro groups is 2. The molecule has 1 aliphatic heterocycles. The van der Waals surface area contributed by atoms with Crippen molar-refractivity contribution in [2.24, 2.45) is 5.92 Å². The number of para-hydroxylation sites is 1. The molecule has 0 bridgehead atoms. The van der Waals surface area contributed by atoms with Crippen molar-refractivity contribution in [3.63, 3.8) is 0 Å². The van der Waals surface area contributed by atoms with E-state index in [1.54, 1.807) is 18.2 Å². The molecule has 0 amide bonds. The van der Waals surface area contributed by atoms with Crippen LogP contribution >= 0.6 is 23.4 Å². The van der Waals surface area contributed by atoms with E-state index in [0.717, 1.165) is 0 Å². The second-order valence-corrected chi connectivity index (χ2v) is 9.45. The van der Waals surface area contributed by atoms with Crippen LogP contribution in [0.1, 0.15) is 35.2 Å². The van der Waals surface area contributed by atoms with Crippen molar-refractivity contribution < 1.29 is 19.7 Å². The first-order valence-electron chi connectivity index (χ1n) is 9.56. The topological polar surface area (TPSA) is 136 Å². The summed E-state index contributed by atoms with van der Waals surface area (Å²) in [6.07, 6.45) is 0.581. The first kappa shape index (κ1) is 21.4. The number of aromatic carboxylic acids is 1. The third-order valence-corrected chi connectivity index (χ3v) is 8.11. The number of nitrogens with zero attached hydrogens (tertiary/aromatic N) is 2. The SMILES string of the molecule is C[C@H]1Nc2c(C(=O)O)ccc([N+](=O)[O-])c2[C@H]2[C@@H](Cl)[C@@H](Sc3ccccc3[N+](=O)[O-])C[C@@H]21. The number of benzene rings is 2. The van der Waals surface area contributed by atoms with Crippen LogP contribution in [0.4, 0.5) is 17.1 Å². The van der Waals surface area contributed by atoms with Crippen molar-refractivity contribution in [2.75, 3.05) is 5.32 Å². The molecule has 2 aliphatic rings. The van der Waals surface area contributed by atoms with Crippen LogP contribution in [0.3, 0.4) is 0 Å². The number of nitrogens with one attached hydrogen (secondary N) is 1. The van der Waals surface area contributed by atoms with Gasteiger partial charge in [-0.15, -0.1) is 23.4 Å². The summed E-state index contributed by atoms with van der Waals surface area (Å²) >= 11 is 8.14. The lowest BCUT2D eigenvalue weighted by molar-refractivity contribution is -0.387. The Balaban J connectivity index is 1.77. The highest BCUT2D eigenvalue weighted by Crippen LogP contribution is 2.57. The fourth-order valence-corrected chi connectivity index (χ4v) is 6.59.